The van der Waals surface area contributed by atoms with E-state index in [-0.39, 0.29) is 6.61 Å². The van der Waals surface area contributed by atoms with E-state index in [4.69, 9.17) is 10.6 Å². The van der Waals surface area contributed by atoms with Crippen LogP contribution in [0.15, 0.2) is 36.8 Å². The number of rotatable bonds is 6. The number of amides is 2. The lowest BCUT2D eigenvalue weighted by molar-refractivity contribution is -0.137. The number of nitrogens with two attached hydrogens (primary N) is 1. The summed E-state index contributed by atoms with van der Waals surface area (Å²) in [5, 5.41) is 0. The van der Waals surface area contributed by atoms with Crippen LogP contribution >= 0.6 is 0 Å². The third kappa shape index (κ3) is 4.99. The van der Waals surface area contributed by atoms with Crippen molar-refractivity contribution >= 4 is 6.03 Å². The Morgan fingerprint density at radius 3 is 2.61 bits per heavy atom. The fourth-order valence-electron chi connectivity index (χ4n) is 1.90. The summed E-state index contributed by atoms with van der Waals surface area (Å²) in [6.45, 7) is 0.274. The standard InChI is InChI=1S/C14H15F3N4O2/c15-14(16,17)10-3-5-12(6-4-10)21-8-11(19-9-21)2-1-7-23-20-13(18)22/h3-6,8-9H,1-2,7H2,(H3,18,20,22). The van der Waals surface area contributed by atoms with Gasteiger partial charge in [0, 0.05) is 11.9 Å². The van der Waals surface area contributed by atoms with Crippen LogP contribution in [-0.2, 0) is 17.4 Å². The number of primary amides is 1. The maximum absolute atomic E-state index is 12.5. The van der Waals surface area contributed by atoms with Crippen molar-refractivity contribution in [3.8, 4) is 5.69 Å². The Morgan fingerprint density at radius 2 is 2.00 bits per heavy atom. The molecule has 3 N–H and O–H groups in total. The Balaban J connectivity index is 1.90. The number of aromatic nitrogens is 2. The fraction of sp³-hybridized carbons (Fsp3) is 0.286. The number of aryl methyl sites for hydroxylation is 1. The molecular formula is C14H15F3N4O2. The quantitative estimate of drug-likeness (QED) is 0.631. The molecule has 0 aliphatic rings. The Hall–Kier alpha value is -2.55. The molecule has 1 aromatic heterocycles. The van der Waals surface area contributed by atoms with Crippen LogP contribution in [0.3, 0.4) is 0 Å². The smallest absolute Gasteiger partial charge is 0.350 e. The lowest BCUT2D eigenvalue weighted by atomic mass is 10.2. The number of hydrogen-bond acceptors (Lipinski definition) is 3. The highest BCUT2D eigenvalue weighted by Crippen LogP contribution is 2.29. The van der Waals surface area contributed by atoms with Crippen LogP contribution in [-0.4, -0.2) is 22.2 Å². The average Bonchev–Trinajstić information content (AvgIpc) is 2.95. The molecule has 6 nitrogen and oxygen atoms in total. The van der Waals surface area contributed by atoms with Crippen molar-refractivity contribution in [3.05, 3.63) is 48.0 Å². The van der Waals surface area contributed by atoms with Crippen LogP contribution in [0, 0.1) is 0 Å². The highest BCUT2D eigenvalue weighted by Gasteiger charge is 2.29. The second-order valence-electron chi connectivity index (χ2n) is 4.74. The van der Waals surface area contributed by atoms with Crippen molar-refractivity contribution in [2.24, 2.45) is 5.73 Å². The van der Waals surface area contributed by atoms with Crippen molar-refractivity contribution in [2.45, 2.75) is 19.0 Å². The van der Waals surface area contributed by atoms with Gasteiger partial charge in [-0.05, 0) is 37.1 Å². The number of alkyl halides is 3. The largest absolute Gasteiger partial charge is 0.416 e. The van der Waals surface area contributed by atoms with Gasteiger partial charge in [-0.1, -0.05) is 0 Å². The molecule has 2 amide bonds. The minimum absolute atomic E-state index is 0.274. The first kappa shape index (κ1) is 16.8. The number of nitrogens with zero attached hydrogens (tertiary/aromatic N) is 2. The molecule has 0 atom stereocenters. The fourth-order valence-corrected chi connectivity index (χ4v) is 1.90. The van der Waals surface area contributed by atoms with Gasteiger partial charge in [-0.2, -0.15) is 13.2 Å². The molecule has 2 rings (SSSR count). The summed E-state index contributed by atoms with van der Waals surface area (Å²) < 4.78 is 39.2. The minimum Gasteiger partial charge on any atom is -0.350 e. The first-order valence-electron chi connectivity index (χ1n) is 6.74. The maximum atomic E-state index is 12.5. The van der Waals surface area contributed by atoms with E-state index >= 15 is 0 Å². The van der Waals surface area contributed by atoms with Crippen molar-refractivity contribution in [2.75, 3.05) is 6.61 Å². The molecule has 0 aliphatic carbocycles. The molecule has 0 spiro atoms. The number of carbonyl (C=O) groups is 1. The van der Waals surface area contributed by atoms with Crippen molar-refractivity contribution < 1.29 is 22.8 Å². The topological polar surface area (TPSA) is 82.2 Å². The Bertz CT molecular complexity index is 653. The van der Waals surface area contributed by atoms with Crippen molar-refractivity contribution in [1.82, 2.24) is 15.0 Å². The molecule has 124 valence electrons. The van der Waals surface area contributed by atoms with Gasteiger partial charge in [-0.3, -0.25) is 4.84 Å². The number of carbonyl (C=O) groups excluding carboxylic acids is 1. The lowest BCUT2D eigenvalue weighted by Crippen LogP contribution is -2.29. The monoisotopic (exact) mass is 328 g/mol. The normalized spacial score (nSPS) is 11.4. The highest BCUT2D eigenvalue weighted by atomic mass is 19.4. The number of urea groups is 1. The highest BCUT2D eigenvalue weighted by molar-refractivity contribution is 5.70. The van der Waals surface area contributed by atoms with E-state index in [0.29, 0.717) is 18.5 Å². The Morgan fingerprint density at radius 1 is 1.30 bits per heavy atom. The van der Waals surface area contributed by atoms with E-state index in [0.717, 1.165) is 17.8 Å². The van der Waals surface area contributed by atoms with E-state index in [9.17, 15) is 18.0 Å². The zero-order valence-corrected chi connectivity index (χ0v) is 12.0. The summed E-state index contributed by atoms with van der Waals surface area (Å²) in [7, 11) is 0. The van der Waals surface area contributed by atoms with E-state index in [1.807, 2.05) is 5.48 Å². The molecule has 2 aromatic rings. The second kappa shape index (κ2) is 7.14. The number of benzene rings is 1. The summed E-state index contributed by atoms with van der Waals surface area (Å²) in [5.74, 6) is 0. The SMILES string of the molecule is NC(=O)NOCCCc1cn(-c2ccc(C(F)(F)F)cc2)cn1. The molecular weight excluding hydrogens is 313 g/mol. The van der Waals surface area contributed by atoms with Crippen LogP contribution in [0.2, 0.25) is 0 Å². The zero-order chi connectivity index (χ0) is 16.9. The van der Waals surface area contributed by atoms with Crippen LogP contribution in [0.4, 0.5) is 18.0 Å². The summed E-state index contributed by atoms with van der Waals surface area (Å²) in [6, 6.07) is 4.05. The third-order valence-corrected chi connectivity index (χ3v) is 2.98. The number of hydroxylamine groups is 1. The molecule has 23 heavy (non-hydrogen) atoms. The third-order valence-electron chi connectivity index (χ3n) is 2.98. The average molecular weight is 328 g/mol. The molecule has 0 bridgehead atoms. The summed E-state index contributed by atoms with van der Waals surface area (Å²) in [4.78, 5) is 19.3. The molecule has 0 fully saturated rings. The van der Waals surface area contributed by atoms with Gasteiger partial charge in [0.2, 0.25) is 0 Å². The predicted octanol–water partition coefficient (Wildman–Crippen LogP) is 2.42. The number of hydrogen-bond donors (Lipinski definition) is 2. The van der Waals surface area contributed by atoms with Gasteiger partial charge >= 0.3 is 12.2 Å². The summed E-state index contributed by atoms with van der Waals surface area (Å²) >= 11 is 0. The first-order chi connectivity index (χ1) is 10.9. The molecule has 0 unspecified atom stereocenters. The second-order valence-corrected chi connectivity index (χ2v) is 4.74. The van der Waals surface area contributed by atoms with Gasteiger partial charge in [-0.25, -0.2) is 15.3 Å². The minimum atomic E-state index is -4.35. The maximum Gasteiger partial charge on any atom is 0.416 e. The lowest BCUT2D eigenvalue weighted by Gasteiger charge is -2.07. The van der Waals surface area contributed by atoms with Gasteiger partial charge in [-0.15, -0.1) is 0 Å². The molecule has 0 saturated heterocycles. The van der Waals surface area contributed by atoms with Gasteiger partial charge in [0.1, 0.15) is 0 Å². The zero-order valence-electron chi connectivity index (χ0n) is 12.0. The van der Waals surface area contributed by atoms with E-state index in [2.05, 4.69) is 4.98 Å². The molecule has 0 radical (unpaired) electrons. The Kier molecular flexibility index (Phi) is 5.22. The van der Waals surface area contributed by atoms with E-state index in [1.165, 1.54) is 18.5 Å². The van der Waals surface area contributed by atoms with Crippen LogP contribution in [0.1, 0.15) is 17.7 Å². The van der Waals surface area contributed by atoms with Crippen LogP contribution in [0.25, 0.3) is 5.69 Å². The predicted molar refractivity (Wildman–Crippen MR) is 75.6 cm³/mol. The molecule has 0 saturated carbocycles. The van der Waals surface area contributed by atoms with Crippen molar-refractivity contribution in [3.63, 3.8) is 0 Å². The van der Waals surface area contributed by atoms with Crippen LogP contribution < -0.4 is 11.2 Å². The van der Waals surface area contributed by atoms with Gasteiger partial charge in [0.25, 0.3) is 0 Å². The van der Waals surface area contributed by atoms with Gasteiger partial charge < -0.3 is 10.3 Å². The van der Waals surface area contributed by atoms with Gasteiger partial charge in [0.15, 0.2) is 0 Å². The van der Waals surface area contributed by atoms with Crippen LogP contribution in [0.5, 0.6) is 0 Å². The van der Waals surface area contributed by atoms with E-state index in [1.54, 1.807) is 10.8 Å². The van der Waals surface area contributed by atoms with Crippen molar-refractivity contribution in [1.29, 1.82) is 0 Å². The first-order valence-corrected chi connectivity index (χ1v) is 6.74. The molecule has 1 heterocycles. The number of halogens is 3. The number of imidazole rings is 1. The number of nitrogens with one attached hydrogen (secondary N) is 1. The summed E-state index contributed by atoms with van der Waals surface area (Å²) in [6.07, 6.45) is 0.0977. The molecule has 1 aromatic carbocycles. The van der Waals surface area contributed by atoms with E-state index < -0.39 is 17.8 Å². The Labute approximate surface area is 130 Å². The summed E-state index contributed by atoms with van der Waals surface area (Å²) in [5.41, 5.74) is 7.48. The van der Waals surface area contributed by atoms with Gasteiger partial charge in [0.05, 0.1) is 24.2 Å². The molecule has 0 aliphatic heterocycles. The molecule has 9 heteroatoms.